The van der Waals surface area contributed by atoms with Crippen LogP contribution in [0.25, 0.3) is 0 Å². The molecule has 112 valence electrons. The lowest BCUT2D eigenvalue weighted by Gasteiger charge is -2.10. The molecule has 3 N–H and O–H groups in total. The fourth-order valence-corrected chi connectivity index (χ4v) is 2.22. The second kappa shape index (κ2) is 5.82. The summed E-state index contributed by atoms with van der Waals surface area (Å²) in [5.74, 6) is 3.01. The van der Waals surface area contributed by atoms with Gasteiger partial charge in [0.1, 0.15) is 16.7 Å². The van der Waals surface area contributed by atoms with Crippen molar-refractivity contribution in [3.05, 3.63) is 41.6 Å². The van der Waals surface area contributed by atoms with Gasteiger partial charge in [-0.25, -0.2) is 24.6 Å². The van der Waals surface area contributed by atoms with Crippen LogP contribution in [0.4, 0.5) is 27.9 Å². The Hall–Kier alpha value is -1.94. The van der Waals surface area contributed by atoms with E-state index in [2.05, 4.69) is 9.97 Å². The number of aromatic nitrogens is 2. The number of nitrogens with one attached hydrogen (secondary N) is 1. The predicted molar refractivity (Wildman–Crippen MR) is 65.3 cm³/mol. The maximum absolute atomic E-state index is 13.5. The molecule has 10 heteroatoms. The number of hydrazine groups is 1. The Balaban J connectivity index is 2.42. The summed E-state index contributed by atoms with van der Waals surface area (Å²) in [5.41, 5.74) is 0.643. The van der Waals surface area contributed by atoms with E-state index in [1.165, 1.54) is 0 Å². The summed E-state index contributed by atoms with van der Waals surface area (Å²) in [6.07, 6.45) is -4.72. The second-order valence-corrected chi connectivity index (χ2v) is 4.80. The third-order valence-electron chi connectivity index (χ3n) is 2.23. The topological polar surface area (TPSA) is 63.8 Å². The van der Waals surface area contributed by atoms with Gasteiger partial charge >= 0.3 is 6.18 Å². The van der Waals surface area contributed by atoms with Gasteiger partial charge in [-0.15, -0.1) is 0 Å². The Bertz CT molecular complexity index is 662. The zero-order chi connectivity index (χ0) is 15.6. The van der Waals surface area contributed by atoms with Crippen LogP contribution in [0.3, 0.4) is 0 Å². The molecule has 0 atom stereocenters. The van der Waals surface area contributed by atoms with Gasteiger partial charge < -0.3 is 0 Å². The minimum absolute atomic E-state index is 0.204. The van der Waals surface area contributed by atoms with E-state index in [4.69, 9.17) is 5.84 Å². The zero-order valence-electron chi connectivity index (χ0n) is 10.1. The van der Waals surface area contributed by atoms with E-state index >= 15 is 0 Å². The van der Waals surface area contributed by atoms with Gasteiger partial charge in [0, 0.05) is 6.07 Å². The van der Waals surface area contributed by atoms with Crippen molar-refractivity contribution in [1.29, 1.82) is 0 Å². The first-order valence-electron chi connectivity index (χ1n) is 5.35. The van der Waals surface area contributed by atoms with Crippen LogP contribution in [0.2, 0.25) is 0 Å². The lowest BCUT2D eigenvalue weighted by atomic mass is 10.3. The number of nitrogens with zero attached hydrogens (tertiary/aromatic N) is 2. The molecular weight excluding hydrogens is 315 g/mol. The zero-order valence-corrected chi connectivity index (χ0v) is 10.9. The summed E-state index contributed by atoms with van der Waals surface area (Å²) in [6, 6.07) is 3.24. The van der Waals surface area contributed by atoms with E-state index in [0.717, 1.165) is 18.2 Å². The largest absolute Gasteiger partial charge is 0.433 e. The van der Waals surface area contributed by atoms with E-state index in [-0.39, 0.29) is 9.92 Å². The molecule has 0 radical (unpaired) electrons. The number of alkyl halides is 3. The lowest BCUT2D eigenvalue weighted by Crippen LogP contribution is -2.15. The molecule has 4 nitrogen and oxygen atoms in total. The molecule has 0 bridgehead atoms. The van der Waals surface area contributed by atoms with Crippen molar-refractivity contribution in [2.45, 2.75) is 16.1 Å². The number of rotatable bonds is 3. The quantitative estimate of drug-likeness (QED) is 0.393. The maximum atomic E-state index is 13.5. The smallest absolute Gasteiger partial charge is 0.292 e. The first kappa shape index (κ1) is 15.4. The predicted octanol–water partition coefficient (Wildman–Crippen LogP) is 3.21. The van der Waals surface area contributed by atoms with Crippen LogP contribution in [0.15, 0.2) is 34.2 Å². The highest BCUT2D eigenvalue weighted by atomic mass is 32.2. The molecule has 0 aliphatic heterocycles. The van der Waals surface area contributed by atoms with Crippen LogP contribution in [-0.4, -0.2) is 9.97 Å². The molecule has 1 aromatic carbocycles. The molecule has 2 rings (SSSR count). The molecule has 2 aromatic rings. The molecule has 0 fully saturated rings. The fraction of sp³-hybridized carbons (Fsp3) is 0.0909. The molecule has 0 spiro atoms. The van der Waals surface area contributed by atoms with Crippen LogP contribution in [0, 0.1) is 11.6 Å². The van der Waals surface area contributed by atoms with E-state index in [1.807, 2.05) is 5.43 Å². The molecule has 1 aromatic heterocycles. The molecule has 0 unspecified atom stereocenters. The normalized spacial score (nSPS) is 11.5. The first-order valence-corrected chi connectivity index (χ1v) is 6.17. The third-order valence-corrected chi connectivity index (χ3v) is 3.18. The minimum atomic E-state index is -4.72. The maximum Gasteiger partial charge on any atom is 0.433 e. The van der Waals surface area contributed by atoms with E-state index < -0.39 is 29.5 Å². The monoisotopic (exact) mass is 322 g/mol. The summed E-state index contributed by atoms with van der Waals surface area (Å²) in [5, 5.41) is -0.227. The lowest BCUT2D eigenvalue weighted by molar-refractivity contribution is -0.141. The van der Waals surface area contributed by atoms with Crippen LogP contribution in [-0.2, 0) is 6.18 Å². The standard InChI is InChI=1S/C11H7F5N4S/c12-5-1-2-6(13)7(3-5)21-9-4-8(11(14,15)16)18-10(19-9)20-17/h1-4H,17H2,(H,18,19,20). The highest BCUT2D eigenvalue weighted by Crippen LogP contribution is 2.34. The van der Waals surface area contributed by atoms with E-state index in [9.17, 15) is 22.0 Å². The van der Waals surface area contributed by atoms with E-state index in [1.54, 1.807) is 0 Å². The second-order valence-electron chi connectivity index (χ2n) is 3.73. The number of halogens is 5. The molecule has 0 aliphatic rings. The number of hydrogen-bond donors (Lipinski definition) is 2. The average Bonchev–Trinajstić information content (AvgIpc) is 2.41. The SMILES string of the molecule is NNc1nc(Sc2cc(F)ccc2F)cc(C(F)(F)F)n1. The van der Waals surface area contributed by atoms with Crippen LogP contribution in [0.1, 0.15) is 5.69 Å². The van der Waals surface area contributed by atoms with Gasteiger partial charge in [-0.1, -0.05) is 11.8 Å². The molecule has 0 saturated heterocycles. The van der Waals surface area contributed by atoms with Crippen LogP contribution in [0.5, 0.6) is 0 Å². The van der Waals surface area contributed by atoms with E-state index in [0.29, 0.717) is 17.8 Å². The summed E-state index contributed by atoms with van der Waals surface area (Å²) in [4.78, 5) is 6.61. The fourth-order valence-electron chi connectivity index (χ4n) is 1.36. The van der Waals surface area contributed by atoms with Gasteiger partial charge in [-0.05, 0) is 18.2 Å². The van der Waals surface area contributed by atoms with Gasteiger partial charge in [0.15, 0.2) is 5.69 Å². The van der Waals surface area contributed by atoms with Gasteiger partial charge in [0.05, 0.1) is 4.90 Å². The molecule has 21 heavy (non-hydrogen) atoms. The molecule has 0 amide bonds. The summed E-state index contributed by atoms with van der Waals surface area (Å²) in [6.45, 7) is 0. The summed E-state index contributed by atoms with van der Waals surface area (Å²) in [7, 11) is 0. The van der Waals surface area contributed by atoms with Crippen molar-refractivity contribution in [3.63, 3.8) is 0 Å². The minimum Gasteiger partial charge on any atom is -0.292 e. The van der Waals surface area contributed by atoms with Gasteiger partial charge in [0.2, 0.25) is 5.95 Å². The van der Waals surface area contributed by atoms with Crippen molar-refractivity contribution in [3.8, 4) is 0 Å². The number of nitrogens with two attached hydrogens (primary N) is 1. The Labute approximate surface area is 119 Å². The Morgan fingerprint density at radius 1 is 1.10 bits per heavy atom. The average molecular weight is 322 g/mol. The van der Waals surface area contributed by atoms with Gasteiger partial charge in [0.25, 0.3) is 0 Å². The number of anilines is 1. The van der Waals surface area contributed by atoms with Crippen molar-refractivity contribution in [2.24, 2.45) is 5.84 Å². The van der Waals surface area contributed by atoms with Crippen LogP contribution >= 0.6 is 11.8 Å². The number of benzene rings is 1. The Morgan fingerprint density at radius 3 is 2.43 bits per heavy atom. The Morgan fingerprint density at radius 2 is 1.81 bits per heavy atom. The number of nitrogen functional groups attached to an aromatic ring is 1. The van der Waals surface area contributed by atoms with Gasteiger partial charge in [-0.2, -0.15) is 13.2 Å². The molecule has 0 aliphatic carbocycles. The highest BCUT2D eigenvalue weighted by Gasteiger charge is 2.33. The first-order chi connectivity index (χ1) is 9.79. The summed E-state index contributed by atoms with van der Waals surface area (Å²) < 4.78 is 64.5. The van der Waals surface area contributed by atoms with Crippen LogP contribution < -0.4 is 11.3 Å². The molecule has 1 heterocycles. The molecule has 0 saturated carbocycles. The van der Waals surface area contributed by atoms with Crippen molar-refractivity contribution >= 4 is 17.7 Å². The van der Waals surface area contributed by atoms with Crippen molar-refractivity contribution in [2.75, 3.05) is 5.43 Å². The van der Waals surface area contributed by atoms with Crippen molar-refractivity contribution in [1.82, 2.24) is 9.97 Å². The van der Waals surface area contributed by atoms with Crippen molar-refractivity contribution < 1.29 is 22.0 Å². The summed E-state index contributed by atoms with van der Waals surface area (Å²) >= 11 is 0.527. The van der Waals surface area contributed by atoms with Gasteiger partial charge in [-0.3, -0.25) is 5.43 Å². The molecular formula is C11H7F5N4S. The highest BCUT2D eigenvalue weighted by molar-refractivity contribution is 7.99. The Kier molecular flexibility index (Phi) is 4.28. The third kappa shape index (κ3) is 3.79. The number of hydrogen-bond acceptors (Lipinski definition) is 5.